The van der Waals surface area contributed by atoms with Gasteiger partial charge in [-0.05, 0) is 37.5 Å². The summed E-state index contributed by atoms with van der Waals surface area (Å²) in [5, 5.41) is 0. The van der Waals surface area contributed by atoms with Gasteiger partial charge in [0.05, 0.1) is 0 Å². The van der Waals surface area contributed by atoms with Gasteiger partial charge in [-0.15, -0.1) is 11.1 Å². The second-order valence-corrected chi connectivity index (χ2v) is 5.98. The summed E-state index contributed by atoms with van der Waals surface area (Å²) in [4.78, 5) is 0. The second-order valence-electron chi connectivity index (χ2n) is 5.13. The normalized spacial score (nSPS) is 34.2. The third-order valence-corrected chi connectivity index (χ3v) is 4.94. The van der Waals surface area contributed by atoms with Gasteiger partial charge in [0.2, 0.25) is 0 Å². The van der Waals surface area contributed by atoms with Gasteiger partial charge in [-0.2, -0.15) is 0 Å². The molecule has 0 aromatic heterocycles. The van der Waals surface area contributed by atoms with Crippen molar-refractivity contribution in [3.63, 3.8) is 0 Å². The van der Waals surface area contributed by atoms with Crippen molar-refractivity contribution in [3.8, 4) is 0 Å². The molecule has 0 N–H and O–H groups in total. The summed E-state index contributed by atoms with van der Waals surface area (Å²) < 4.78 is 5.51. The zero-order chi connectivity index (χ0) is 10.5. The van der Waals surface area contributed by atoms with Gasteiger partial charge in [-0.25, -0.2) is 0 Å². The SMILES string of the molecule is Cl[Si]OC1CCC(C2CCCCC2)CC1. The van der Waals surface area contributed by atoms with Gasteiger partial charge in [-0.1, -0.05) is 32.1 Å². The molecule has 0 heterocycles. The van der Waals surface area contributed by atoms with Crippen LogP contribution in [0.25, 0.3) is 0 Å². The molecule has 1 nitrogen and oxygen atoms in total. The summed E-state index contributed by atoms with van der Waals surface area (Å²) in [5.41, 5.74) is 0. The van der Waals surface area contributed by atoms with Crippen LogP contribution in [0.3, 0.4) is 0 Å². The Labute approximate surface area is 101 Å². The Balaban J connectivity index is 1.72. The van der Waals surface area contributed by atoms with Gasteiger partial charge in [0.1, 0.15) is 0 Å². The number of hydrogen-bond acceptors (Lipinski definition) is 1. The molecule has 86 valence electrons. The fraction of sp³-hybridized carbons (Fsp3) is 1.00. The van der Waals surface area contributed by atoms with Crippen molar-refractivity contribution < 1.29 is 4.43 Å². The highest BCUT2D eigenvalue weighted by Gasteiger charge is 2.28. The molecule has 2 fully saturated rings. The lowest BCUT2D eigenvalue weighted by molar-refractivity contribution is 0.105. The Bertz CT molecular complexity index is 174. The van der Waals surface area contributed by atoms with E-state index in [1.807, 2.05) is 0 Å². The molecule has 0 saturated heterocycles. The predicted octanol–water partition coefficient (Wildman–Crippen LogP) is 3.92. The first-order chi connectivity index (χ1) is 7.40. The zero-order valence-electron chi connectivity index (χ0n) is 9.38. The van der Waals surface area contributed by atoms with Crippen LogP contribution in [0.4, 0.5) is 0 Å². The highest BCUT2D eigenvalue weighted by molar-refractivity contribution is 6.89. The van der Waals surface area contributed by atoms with E-state index in [1.54, 1.807) is 0 Å². The van der Waals surface area contributed by atoms with E-state index < -0.39 is 0 Å². The molecule has 2 saturated carbocycles. The molecule has 3 heteroatoms. The molecule has 0 aliphatic heterocycles. The van der Waals surface area contributed by atoms with Crippen LogP contribution in [-0.2, 0) is 4.43 Å². The minimum absolute atomic E-state index is 0.159. The molecule has 0 bridgehead atoms. The standard InChI is InChI=1S/C12H21ClOSi/c13-15-14-12-8-6-11(7-9-12)10-4-2-1-3-5-10/h10-12H,1-9H2. The van der Waals surface area contributed by atoms with Crippen molar-refractivity contribution in [1.82, 2.24) is 0 Å². The summed E-state index contributed by atoms with van der Waals surface area (Å²) in [7, 11) is 0.159. The van der Waals surface area contributed by atoms with Crippen molar-refractivity contribution in [2.75, 3.05) is 0 Å². The van der Waals surface area contributed by atoms with E-state index in [1.165, 1.54) is 57.8 Å². The highest BCUT2D eigenvalue weighted by Crippen LogP contribution is 2.38. The summed E-state index contributed by atoms with van der Waals surface area (Å²) in [6.07, 6.45) is 13.2. The van der Waals surface area contributed by atoms with Crippen LogP contribution in [0.1, 0.15) is 57.8 Å². The Morgan fingerprint density at radius 3 is 2.00 bits per heavy atom. The Morgan fingerprint density at radius 1 is 0.800 bits per heavy atom. The summed E-state index contributed by atoms with van der Waals surface area (Å²) in [6, 6.07) is 0. The smallest absolute Gasteiger partial charge is 0.356 e. The Kier molecular flexibility index (Phi) is 4.98. The molecule has 2 aliphatic rings. The van der Waals surface area contributed by atoms with Gasteiger partial charge < -0.3 is 4.43 Å². The Morgan fingerprint density at radius 2 is 1.40 bits per heavy atom. The molecular weight excluding hydrogens is 224 g/mol. The van der Waals surface area contributed by atoms with Crippen molar-refractivity contribution in [2.45, 2.75) is 63.9 Å². The van der Waals surface area contributed by atoms with Gasteiger partial charge in [0.15, 0.2) is 0 Å². The maximum Gasteiger partial charge on any atom is 0.356 e. The average molecular weight is 245 g/mol. The largest absolute Gasteiger partial charge is 0.400 e. The van der Waals surface area contributed by atoms with Crippen molar-refractivity contribution >= 4 is 20.2 Å². The van der Waals surface area contributed by atoms with E-state index in [-0.39, 0.29) is 9.07 Å². The van der Waals surface area contributed by atoms with Crippen molar-refractivity contribution in [2.24, 2.45) is 11.8 Å². The van der Waals surface area contributed by atoms with Crippen LogP contribution in [-0.4, -0.2) is 15.2 Å². The summed E-state index contributed by atoms with van der Waals surface area (Å²) >= 11 is 5.63. The van der Waals surface area contributed by atoms with Crippen LogP contribution in [0, 0.1) is 11.8 Å². The molecule has 2 rings (SSSR count). The maximum absolute atomic E-state index is 5.63. The van der Waals surface area contributed by atoms with E-state index in [0.717, 1.165) is 11.8 Å². The topological polar surface area (TPSA) is 9.23 Å². The number of rotatable bonds is 3. The third-order valence-electron chi connectivity index (χ3n) is 4.25. The highest BCUT2D eigenvalue weighted by atomic mass is 35.6. The monoisotopic (exact) mass is 244 g/mol. The molecule has 0 spiro atoms. The van der Waals surface area contributed by atoms with Crippen LogP contribution >= 0.6 is 11.1 Å². The van der Waals surface area contributed by atoms with E-state index in [0.29, 0.717) is 6.10 Å². The van der Waals surface area contributed by atoms with E-state index in [2.05, 4.69) is 0 Å². The molecule has 0 amide bonds. The number of halogens is 1. The van der Waals surface area contributed by atoms with Crippen LogP contribution in [0.5, 0.6) is 0 Å². The molecule has 15 heavy (non-hydrogen) atoms. The molecule has 0 aromatic rings. The van der Waals surface area contributed by atoms with Gasteiger partial charge in [-0.3, -0.25) is 0 Å². The van der Waals surface area contributed by atoms with Crippen LogP contribution in [0.15, 0.2) is 0 Å². The first-order valence-corrected chi connectivity index (χ1v) is 8.33. The fourth-order valence-corrected chi connectivity index (χ4v) is 4.09. The summed E-state index contributed by atoms with van der Waals surface area (Å²) in [5.74, 6) is 2.04. The quantitative estimate of drug-likeness (QED) is 0.540. The van der Waals surface area contributed by atoms with Crippen molar-refractivity contribution in [1.29, 1.82) is 0 Å². The number of hydrogen-bond donors (Lipinski definition) is 0. The van der Waals surface area contributed by atoms with E-state index >= 15 is 0 Å². The van der Waals surface area contributed by atoms with Crippen LogP contribution < -0.4 is 0 Å². The lowest BCUT2D eigenvalue weighted by Gasteiger charge is -2.35. The molecule has 0 aromatic carbocycles. The first-order valence-electron chi connectivity index (χ1n) is 6.41. The first kappa shape index (κ1) is 11.9. The van der Waals surface area contributed by atoms with E-state index in [9.17, 15) is 0 Å². The molecule has 2 aliphatic carbocycles. The van der Waals surface area contributed by atoms with Crippen molar-refractivity contribution in [3.05, 3.63) is 0 Å². The fourth-order valence-electron chi connectivity index (χ4n) is 3.35. The Hall–Kier alpha value is 0.467. The second kappa shape index (κ2) is 6.26. The zero-order valence-corrected chi connectivity index (χ0v) is 11.1. The summed E-state index contributed by atoms with van der Waals surface area (Å²) in [6.45, 7) is 0. The molecular formula is C12H21ClOSi. The molecule has 2 radical (unpaired) electrons. The lowest BCUT2D eigenvalue weighted by Crippen LogP contribution is -2.27. The minimum atomic E-state index is 0.159. The lowest BCUT2D eigenvalue weighted by atomic mass is 9.73. The predicted molar refractivity (Wildman–Crippen MR) is 65.0 cm³/mol. The van der Waals surface area contributed by atoms with Gasteiger partial charge >= 0.3 is 9.07 Å². The molecule has 0 atom stereocenters. The third kappa shape index (κ3) is 3.47. The molecule has 0 unspecified atom stereocenters. The maximum atomic E-state index is 5.63. The minimum Gasteiger partial charge on any atom is -0.400 e. The van der Waals surface area contributed by atoms with E-state index in [4.69, 9.17) is 15.5 Å². The average Bonchev–Trinajstić information content (AvgIpc) is 2.32. The van der Waals surface area contributed by atoms with Crippen LogP contribution in [0.2, 0.25) is 0 Å². The van der Waals surface area contributed by atoms with Gasteiger partial charge in [0, 0.05) is 6.10 Å². The van der Waals surface area contributed by atoms with Gasteiger partial charge in [0.25, 0.3) is 0 Å².